The average Bonchev–Trinajstić information content (AvgIpc) is 2.76. The van der Waals surface area contributed by atoms with Crippen molar-refractivity contribution in [2.75, 3.05) is 23.4 Å². The summed E-state index contributed by atoms with van der Waals surface area (Å²) in [5, 5.41) is 12.5. The number of aliphatic hydroxyl groups is 1. The fraction of sp³-hybridized carbons (Fsp3) is 0.714. The molecule has 2 N–H and O–H groups in total. The SMILES string of the molecule is Cc1nc(NC(C)C)cc(N2CCCC2CCO)n1. The molecule has 0 aliphatic carbocycles. The summed E-state index contributed by atoms with van der Waals surface area (Å²) in [6, 6.07) is 2.78. The average molecular weight is 264 g/mol. The highest BCUT2D eigenvalue weighted by molar-refractivity contribution is 5.51. The van der Waals surface area contributed by atoms with Crippen molar-refractivity contribution in [3.05, 3.63) is 11.9 Å². The predicted molar refractivity (Wildman–Crippen MR) is 77.6 cm³/mol. The zero-order valence-corrected chi connectivity index (χ0v) is 12.1. The molecule has 19 heavy (non-hydrogen) atoms. The Bertz CT molecular complexity index is 422. The molecule has 1 aromatic rings. The van der Waals surface area contributed by atoms with Gasteiger partial charge in [0, 0.05) is 31.3 Å². The third-order valence-corrected chi connectivity index (χ3v) is 3.39. The molecule has 5 heteroatoms. The van der Waals surface area contributed by atoms with Crippen molar-refractivity contribution in [3.63, 3.8) is 0 Å². The van der Waals surface area contributed by atoms with Gasteiger partial charge in [-0.2, -0.15) is 0 Å². The fourth-order valence-electron chi connectivity index (χ4n) is 2.66. The van der Waals surface area contributed by atoms with Crippen molar-refractivity contribution in [2.24, 2.45) is 0 Å². The van der Waals surface area contributed by atoms with Gasteiger partial charge in [0.25, 0.3) is 0 Å². The number of nitrogens with zero attached hydrogens (tertiary/aromatic N) is 3. The number of hydrogen-bond donors (Lipinski definition) is 2. The summed E-state index contributed by atoms with van der Waals surface area (Å²) < 4.78 is 0. The van der Waals surface area contributed by atoms with Gasteiger partial charge in [-0.15, -0.1) is 0 Å². The molecule has 0 aromatic carbocycles. The lowest BCUT2D eigenvalue weighted by atomic mass is 10.1. The first-order valence-electron chi connectivity index (χ1n) is 7.10. The van der Waals surface area contributed by atoms with Crippen molar-refractivity contribution in [1.82, 2.24) is 9.97 Å². The van der Waals surface area contributed by atoms with Crippen LogP contribution in [0.5, 0.6) is 0 Å². The van der Waals surface area contributed by atoms with E-state index in [1.807, 2.05) is 13.0 Å². The topological polar surface area (TPSA) is 61.3 Å². The molecule has 0 radical (unpaired) electrons. The van der Waals surface area contributed by atoms with E-state index >= 15 is 0 Å². The van der Waals surface area contributed by atoms with E-state index in [0.29, 0.717) is 12.1 Å². The molecular weight excluding hydrogens is 240 g/mol. The van der Waals surface area contributed by atoms with Crippen LogP contribution in [0.1, 0.15) is 38.9 Å². The Labute approximate surface area is 115 Å². The number of anilines is 2. The highest BCUT2D eigenvalue weighted by Gasteiger charge is 2.25. The summed E-state index contributed by atoms with van der Waals surface area (Å²) in [5.41, 5.74) is 0. The number of aromatic nitrogens is 2. The number of rotatable bonds is 5. The van der Waals surface area contributed by atoms with Crippen LogP contribution in [0.15, 0.2) is 6.07 Å². The summed E-state index contributed by atoms with van der Waals surface area (Å²) in [4.78, 5) is 11.3. The molecule has 2 heterocycles. The number of nitrogens with one attached hydrogen (secondary N) is 1. The third-order valence-electron chi connectivity index (χ3n) is 3.39. The summed E-state index contributed by atoms with van der Waals surface area (Å²) in [6.45, 7) is 7.37. The van der Waals surface area contributed by atoms with Crippen LogP contribution in [0.4, 0.5) is 11.6 Å². The van der Waals surface area contributed by atoms with E-state index in [1.54, 1.807) is 0 Å². The molecule has 1 fully saturated rings. The molecule has 2 rings (SSSR count). The van der Waals surface area contributed by atoms with Crippen LogP contribution in [0.25, 0.3) is 0 Å². The van der Waals surface area contributed by atoms with E-state index in [4.69, 9.17) is 5.11 Å². The van der Waals surface area contributed by atoms with Gasteiger partial charge in [0.1, 0.15) is 17.5 Å². The van der Waals surface area contributed by atoms with Crippen LogP contribution in [-0.4, -0.2) is 40.3 Å². The van der Waals surface area contributed by atoms with E-state index in [2.05, 4.69) is 34.0 Å². The maximum absolute atomic E-state index is 9.15. The molecule has 5 nitrogen and oxygen atoms in total. The summed E-state index contributed by atoms with van der Waals surface area (Å²) in [7, 11) is 0. The summed E-state index contributed by atoms with van der Waals surface area (Å²) in [5.74, 6) is 2.65. The molecule has 0 bridgehead atoms. The van der Waals surface area contributed by atoms with Crippen molar-refractivity contribution >= 4 is 11.6 Å². The molecule has 0 saturated carbocycles. The van der Waals surface area contributed by atoms with Gasteiger partial charge < -0.3 is 15.3 Å². The quantitative estimate of drug-likeness (QED) is 0.851. The summed E-state index contributed by atoms with van der Waals surface area (Å²) >= 11 is 0. The van der Waals surface area contributed by atoms with Gasteiger partial charge in [-0.3, -0.25) is 0 Å². The first kappa shape index (κ1) is 14.1. The van der Waals surface area contributed by atoms with Gasteiger partial charge in [0.2, 0.25) is 0 Å². The molecule has 106 valence electrons. The van der Waals surface area contributed by atoms with Crippen molar-refractivity contribution in [3.8, 4) is 0 Å². The highest BCUT2D eigenvalue weighted by Crippen LogP contribution is 2.27. The lowest BCUT2D eigenvalue weighted by molar-refractivity contribution is 0.275. The molecule has 1 atom stereocenters. The number of hydrogen-bond acceptors (Lipinski definition) is 5. The van der Waals surface area contributed by atoms with Crippen LogP contribution >= 0.6 is 0 Å². The van der Waals surface area contributed by atoms with Crippen LogP contribution in [0, 0.1) is 6.92 Å². The molecular formula is C14H24N4O. The Hall–Kier alpha value is -1.36. The Balaban J connectivity index is 2.21. The van der Waals surface area contributed by atoms with Crippen LogP contribution in [-0.2, 0) is 0 Å². The number of aliphatic hydroxyl groups excluding tert-OH is 1. The molecule has 0 amide bonds. The van der Waals surface area contributed by atoms with Crippen molar-refractivity contribution in [2.45, 2.75) is 52.1 Å². The lowest BCUT2D eigenvalue weighted by Crippen LogP contribution is -2.31. The van der Waals surface area contributed by atoms with E-state index in [1.165, 1.54) is 6.42 Å². The minimum Gasteiger partial charge on any atom is -0.396 e. The normalized spacial score (nSPS) is 19.2. The van der Waals surface area contributed by atoms with Gasteiger partial charge in [-0.25, -0.2) is 9.97 Å². The van der Waals surface area contributed by atoms with Gasteiger partial charge in [-0.1, -0.05) is 0 Å². The van der Waals surface area contributed by atoms with Crippen LogP contribution in [0.3, 0.4) is 0 Å². The van der Waals surface area contributed by atoms with Gasteiger partial charge >= 0.3 is 0 Å². The van der Waals surface area contributed by atoms with Crippen molar-refractivity contribution in [1.29, 1.82) is 0 Å². The first-order valence-corrected chi connectivity index (χ1v) is 7.10. The molecule has 0 spiro atoms. The van der Waals surface area contributed by atoms with E-state index in [9.17, 15) is 0 Å². The Morgan fingerprint density at radius 3 is 2.95 bits per heavy atom. The van der Waals surface area contributed by atoms with E-state index in [-0.39, 0.29) is 6.61 Å². The van der Waals surface area contributed by atoms with Gasteiger partial charge in [0.05, 0.1) is 0 Å². The van der Waals surface area contributed by atoms with Crippen LogP contribution < -0.4 is 10.2 Å². The molecule has 1 aliphatic rings. The lowest BCUT2D eigenvalue weighted by Gasteiger charge is -2.26. The number of aryl methyl sites for hydroxylation is 1. The molecule has 1 unspecified atom stereocenters. The zero-order valence-electron chi connectivity index (χ0n) is 12.1. The summed E-state index contributed by atoms with van der Waals surface area (Å²) in [6.07, 6.45) is 3.12. The minimum absolute atomic E-state index is 0.238. The maximum Gasteiger partial charge on any atom is 0.134 e. The fourth-order valence-corrected chi connectivity index (χ4v) is 2.66. The first-order chi connectivity index (χ1) is 9.10. The largest absolute Gasteiger partial charge is 0.396 e. The zero-order chi connectivity index (χ0) is 13.8. The van der Waals surface area contributed by atoms with Gasteiger partial charge in [0.15, 0.2) is 0 Å². The predicted octanol–water partition coefficient (Wildman–Crippen LogP) is 1.96. The Kier molecular flexibility index (Phi) is 4.58. The standard InChI is InChI=1S/C14H24N4O/c1-10(2)15-13-9-14(17-11(3)16-13)18-7-4-5-12(18)6-8-19/h9-10,12,19H,4-8H2,1-3H3,(H,15,16,17). The van der Waals surface area contributed by atoms with E-state index < -0.39 is 0 Å². The third kappa shape index (κ3) is 3.56. The van der Waals surface area contributed by atoms with Crippen molar-refractivity contribution < 1.29 is 5.11 Å². The second-order valence-electron chi connectivity index (χ2n) is 5.46. The smallest absolute Gasteiger partial charge is 0.134 e. The molecule has 1 aliphatic heterocycles. The highest BCUT2D eigenvalue weighted by atomic mass is 16.3. The van der Waals surface area contributed by atoms with Gasteiger partial charge in [-0.05, 0) is 40.0 Å². The minimum atomic E-state index is 0.238. The molecule has 1 saturated heterocycles. The maximum atomic E-state index is 9.15. The Morgan fingerprint density at radius 2 is 2.26 bits per heavy atom. The monoisotopic (exact) mass is 264 g/mol. The Morgan fingerprint density at radius 1 is 1.47 bits per heavy atom. The second-order valence-corrected chi connectivity index (χ2v) is 5.46. The second kappa shape index (κ2) is 6.19. The van der Waals surface area contributed by atoms with E-state index in [0.717, 1.165) is 36.8 Å². The van der Waals surface area contributed by atoms with Crippen LogP contribution in [0.2, 0.25) is 0 Å². The molecule has 1 aromatic heterocycles.